The summed E-state index contributed by atoms with van der Waals surface area (Å²) >= 11 is 0. The second kappa shape index (κ2) is 8.47. The van der Waals surface area contributed by atoms with Gasteiger partial charge in [-0.15, -0.1) is 0 Å². The lowest BCUT2D eigenvalue weighted by atomic mass is 9.85. The summed E-state index contributed by atoms with van der Waals surface area (Å²) in [4.78, 5) is 2.57. The molecule has 2 fully saturated rings. The molecule has 1 saturated carbocycles. The number of rotatable bonds is 8. The summed E-state index contributed by atoms with van der Waals surface area (Å²) < 4.78 is 5.79. The zero-order chi connectivity index (χ0) is 15.1. The molecule has 2 N–H and O–H groups in total. The van der Waals surface area contributed by atoms with E-state index in [1.165, 1.54) is 38.6 Å². The van der Waals surface area contributed by atoms with Gasteiger partial charge >= 0.3 is 0 Å². The summed E-state index contributed by atoms with van der Waals surface area (Å²) in [5.74, 6) is 0.620. The number of aliphatic hydroxyl groups is 1. The van der Waals surface area contributed by atoms with E-state index in [0.717, 1.165) is 32.7 Å². The first-order valence-corrected chi connectivity index (χ1v) is 8.94. The van der Waals surface area contributed by atoms with Gasteiger partial charge in [0.2, 0.25) is 0 Å². The van der Waals surface area contributed by atoms with Crippen LogP contribution in [0.2, 0.25) is 0 Å². The second-order valence-corrected chi connectivity index (χ2v) is 6.74. The summed E-state index contributed by atoms with van der Waals surface area (Å²) in [6.45, 7) is 9.75. The lowest BCUT2D eigenvalue weighted by Gasteiger charge is -2.37. The minimum absolute atomic E-state index is 0.0101. The van der Waals surface area contributed by atoms with Crippen LogP contribution in [0.15, 0.2) is 0 Å². The molecule has 1 heterocycles. The molecular weight excluding hydrogens is 264 g/mol. The van der Waals surface area contributed by atoms with E-state index in [4.69, 9.17) is 4.74 Å². The first kappa shape index (κ1) is 17.2. The first-order valence-electron chi connectivity index (χ1n) is 8.94. The predicted octanol–water partition coefficient (Wildman–Crippen LogP) is 2.02. The number of aliphatic hydroxyl groups excluding tert-OH is 1. The van der Waals surface area contributed by atoms with E-state index < -0.39 is 0 Å². The number of nitrogens with zero attached hydrogens (tertiary/aromatic N) is 1. The van der Waals surface area contributed by atoms with Crippen molar-refractivity contribution >= 4 is 0 Å². The fourth-order valence-corrected chi connectivity index (χ4v) is 4.34. The van der Waals surface area contributed by atoms with Gasteiger partial charge in [-0.25, -0.2) is 0 Å². The topological polar surface area (TPSA) is 44.7 Å². The molecule has 4 heteroatoms. The molecule has 0 aromatic heterocycles. The molecule has 0 bridgehead atoms. The monoisotopic (exact) mass is 298 g/mol. The normalized spacial score (nSPS) is 34.4. The van der Waals surface area contributed by atoms with Crippen LogP contribution in [0.3, 0.4) is 0 Å². The van der Waals surface area contributed by atoms with Crippen molar-refractivity contribution in [3.8, 4) is 0 Å². The standard InChI is InChI=1S/C17H34N2O2/c1-3-18-17(14-20)10-5-7-15(17)9-12-19-11-6-8-16(13-19)21-4-2/h15-16,18,20H,3-14H2,1-2H3. The van der Waals surface area contributed by atoms with Crippen LogP contribution in [0, 0.1) is 5.92 Å². The molecule has 1 aliphatic carbocycles. The van der Waals surface area contributed by atoms with Gasteiger partial charge in [0, 0.05) is 18.7 Å². The van der Waals surface area contributed by atoms with Crippen molar-refractivity contribution in [1.82, 2.24) is 10.2 Å². The van der Waals surface area contributed by atoms with Crippen LogP contribution in [0.25, 0.3) is 0 Å². The van der Waals surface area contributed by atoms with Crippen molar-refractivity contribution in [2.75, 3.05) is 39.4 Å². The van der Waals surface area contributed by atoms with Gasteiger partial charge < -0.3 is 20.1 Å². The highest BCUT2D eigenvalue weighted by Crippen LogP contribution is 2.37. The summed E-state index contributed by atoms with van der Waals surface area (Å²) in [6, 6.07) is 0. The minimum Gasteiger partial charge on any atom is -0.394 e. The Kier molecular flexibility index (Phi) is 6.93. The predicted molar refractivity (Wildman–Crippen MR) is 86.5 cm³/mol. The molecule has 2 rings (SSSR count). The number of piperidine rings is 1. The third kappa shape index (κ3) is 4.41. The molecule has 2 aliphatic rings. The van der Waals surface area contributed by atoms with Crippen LogP contribution in [0.1, 0.15) is 52.4 Å². The summed E-state index contributed by atoms with van der Waals surface area (Å²) in [5, 5.41) is 13.5. The van der Waals surface area contributed by atoms with Crippen molar-refractivity contribution in [1.29, 1.82) is 0 Å². The molecule has 0 aromatic rings. The Hall–Kier alpha value is -0.160. The zero-order valence-electron chi connectivity index (χ0n) is 13.9. The van der Waals surface area contributed by atoms with Crippen molar-refractivity contribution < 1.29 is 9.84 Å². The molecule has 4 nitrogen and oxygen atoms in total. The molecule has 3 unspecified atom stereocenters. The van der Waals surface area contributed by atoms with Crippen LogP contribution in [-0.4, -0.2) is 61.0 Å². The Labute approximate surface area is 130 Å². The Morgan fingerprint density at radius 2 is 2.14 bits per heavy atom. The van der Waals surface area contributed by atoms with Crippen LogP contribution in [-0.2, 0) is 4.74 Å². The van der Waals surface area contributed by atoms with Crippen molar-refractivity contribution in [3.63, 3.8) is 0 Å². The van der Waals surface area contributed by atoms with Gasteiger partial charge in [-0.1, -0.05) is 13.3 Å². The zero-order valence-corrected chi connectivity index (χ0v) is 13.9. The van der Waals surface area contributed by atoms with E-state index in [0.29, 0.717) is 12.0 Å². The van der Waals surface area contributed by atoms with Crippen LogP contribution in [0.4, 0.5) is 0 Å². The quantitative estimate of drug-likeness (QED) is 0.719. The van der Waals surface area contributed by atoms with Gasteiger partial charge in [-0.05, 0) is 64.6 Å². The van der Waals surface area contributed by atoms with Crippen molar-refractivity contribution in [2.24, 2.45) is 5.92 Å². The summed E-state index contributed by atoms with van der Waals surface area (Å²) in [6.07, 6.45) is 7.74. The molecule has 124 valence electrons. The van der Waals surface area contributed by atoms with Gasteiger partial charge in [-0.3, -0.25) is 0 Å². The molecular formula is C17H34N2O2. The lowest BCUT2D eigenvalue weighted by Crippen LogP contribution is -2.52. The van der Waals surface area contributed by atoms with Gasteiger partial charge in [0.15, 0.2) is 0 Å². The molecule has 0 aromatic carbocycles. The Bertz CT molecular complexity index is 299. The second-order valence-electron chi connectivity index (χ2n) is 6.74. The van der Waals surface area contributed by atoms with Crippen LogP contribution < -0.4 is 5.32 Å². The Balaban J connectivity index is 1.81. The van der Waals surface area contributed by atoms with Gasteiger partial charge in [0.1, 0.15) is 0 Å². The number of likely N-dealkylation sites (tertiary alicyclic amines) is 1. The number of hydrogen-bond donors (Lipinski definition) is 2. The Morgan fingerprint density at radius 3 is 2.86 bits per heavy atom. The molecule has 1 aliphatic heterocycles. The highest BCUT2D eigenvalue weighted by atomic mass is 16.5. The first-order chi connectivity index (χ1) is 10.2. The smallest absolute Gasteiger partial charge is 0.0702 e. The Morgan fingerprint density at radius 1 is 1.29 bits per heavy atom. The third-order valence-corrected chi connectivity index (χ3v) is 5.43. The van der Waals surface area contributed by atoms with Crippen molar-refractivity contribution in [3.05, 3.63) is 0 Å². The number of likely N-dealkylation sites (N-methyl/N-ethyl adjacent to an activating group) is 1. The van der Waals surface area contributed by atoms with E-state index in [9.17, 15) is 5.11 Å². The molecule has 0 radical (unpaired) electrons. The van der Waals surface area contributed by atoms with E-state index in [1.54, 1.807) is 0 Å². The number of hydrogen-bond acceptors (Lipinski definition) is 4. The SMILES string of the molecule is CCNC1(CO)CCCC1CCN1CCCC(OCC)C1. The molecule has 1 saturated heterocycles. The lowest BCUT2D eigenvalue weighted by molar-refractivity contribution is 0.00289. The fraction of sp³-hybridized carbons (Fsp3) is 1.00. The number of nitrogens with one attached hydrogen (secondary N) is 1. The molecule has 0 amide bonds. The highest BCUT2D eigenvalue weighted by molar-refractivity contribution is 4.99. The van der Waals surface area contributed by atoms with E-state index >= 15 is 0 Å². The maximum Gasteiger partial charge on any atom is 0.0702 e. The summed E-state index contributed by atoms with van der Waals surface area (Å²) in [7, 11) is 0. The highest BCUT2D eigenvalue weighted by Gasteiger charge is 2.41. The molecule has 21 heavy (non-hydrogen) atoms. The van der Waals surface area contributed by atoms with E-state index in [1.807, 2.05) is 0 Å². The largest absolute Gasteiger partial charge is 0.394 e. The molecule has 3 atom stereocenters. The van der Waals surface area contributed by atoms with Gasteiger partial charge in [-0.2, -0.15) is 0 Å². The van der Waals surface area contributed by atoms with Crippen LogP contribution >= 0.6 is 0 Å². The summed E-state index contributed by atoms with van der Waals surface area (Å²) in [5.41, 5.74) is -0.0101. The number of ether oxygens (including phenoxy) is 1. The third-order valence-electron chi connectivity index (χ3n) is 5.43. The molecule has 0 spiro atoms. The minimum atomic E-state index is -0.0101. The van der Waals surface area contributed by atoms with E-state index in [2.05, 4.69) is 24.1 Å². The van der Waals surface area contributed by atoms with Gasteiger partial charge in [0.05, 0.1) is 12.7 Å². The average Bonchev–Trinajstić information content (AvgIpc) is 2.90. The average molecular weight is 298 g/mol. The van der Waals surface area contributed by atoms with E-state index in [-0.39, 0.29) is 12.1 Å². The fourth-order valence-electron chi connectivity index (χ4n) is 4.34. The van der Waals surface area contributed by atoms with Crippen LogP contribution in [0.5, 0.6) is 0 Å². The van der Waals surface area contributed by atoms with Gasteiger partial charge in [0.25, 0.3) is 0 Å². The maximum absolute atomic E-state index is 9.87. The van der Waals surface area contributed by atoms with Crippen molar-refractivity contribution in [2.45, 2.75) is 64.0 Å². The maximum atomic E-state index is 9.87.